The number of hydrogen-bond donors (Lipinski definition) is 1. The Morgan fingerprint density at radius 1 is 1.22 bits per heavy atom. The number of nitrogens with one attached hydrogen (secondary N) is 1. The molecule has 0 aliphatic carbocycles. The number of rotatable bonds is 6. The molecule has 120 valence electrons. The number of aryl methyl sites for hydroxylation is 1. The van der Waals surface area contributed by atoms with Gasteiger partial charge in [0.05, 0.1) is 11.6 Å². The number of nitrogens with zero attached hydrogens (tertiary/aromatic N) is 4. The molecule has 0 radical (unpaired) electrons. The summed E-state index contributed by atoms with van der Waals surface area (Å²) in [4.78, 5) is 8.62. The third-order valence-electron chi connectivity index (χ3n) is 4.33. The Hall–Kier alpha value is -2.47. The highest BCUT2D eigenvalue weighted by atomic mass is 16.5. The molecule has 6 heteroatoms. The van der Waals surface area contributed by atoms with E-state index in [0.29, 0.717) is 6.54 Å². The van der Waals surface area contributed by atoms with Crippen LogP contribution in [0.4, 0.5) is 5.82 Å². The van der Waals surface area contributed by atoms with Crippen molar-refractivity contribution in [3.8, 4) is 0 Å². The molecule has 3 rings (SSSR count). The lowest BCUT2D eigenvalue weighted by Crippen LogP contribution is -2.36. The van der Waals surface area contributed by atoms with E-state index >= 15 is 0 Å². The van der Waals surface area contributed by atoms with Gasteiger partial charge >= 0.3 is 0 Å². The number of anilines is 1. The standard InChI is InChI=1S/C17H21N5O/c1-4-17(23-3,13-8-6-5-7-9-13)11-18-15-14-10-21-22(2)16(14)20-12-19-15/h5-10,12H,4,11H2,1-3H3,(H,18,19,20). The molecule has 0 saturated carbocycles. The Balaban J connectivity index is 1.90. The van der Waals surface area contributed by atoms with E-state index in [1.165, 1.54) is 0 Å². The van der Waals surface area contributed by atoms with Gasteiger partial charge in [0.15, 0.2) is 5.65 Å². The molecular formula is C17H21N5O. The number of hydrogen-bond acceptors (Lipinski definition) is 5. The molecular weight excluding hydrogens is 290 g/mol. The Morgan fingerprint density at radius 2 is 2.00 bits per heavy atom. The van der Waals surface area contributed by atoms with Crippen molar-refractivity contribution in [2.24, 2.45) is 7.05 Å². The van der Waals surface area contributed by atoms with E-state index in [4.69, 9.17) is 4.74 Å². The number of fused-ring (bicyclic) bond motifs is 1. The second-order valence-corrected chi connectivity index (χ2v) is 5.50. The Bertz CT molecular complexity index is 780. The van der Waals surface area contributed by atoms with Crippen LogP contribution in [0.15, 0.2) is 42.9 Å². The van der Waals surface area contributed by atoms with Gasteiger partial charge in [-0.1, -0.05) is 37.3 Å². The summed E-state index contributed by atoms with van der Waals surface area (Å²) in [5.41, 5.74) is 1.55. The van der Waals surface area contributed by atoms with E-state index in [9.17, 15) is 0 Å². The molecule has 1 aromatic carbocycles. The zero-order valence-electron chi connectivity index (χ0n) is 13.7. The summed E-state index contributed by atoms with van der Waals surface area (Å²) in [5, 5.41) is 8.56. The van der Waals surface area contributed by atoms with Crippen LogP contribution in [0.5, 0.6) is 0 Å². The molecule has 2 heterocycles. The molecule has 0 aliphatic rings. The molecule has 23 heavy (non-hydrogen) atoms. The van der Waals surface area contributed by atoms with E-state index < -0.39 is 5.60 Å². The van der Waals surface area contributed by atoms with Gasteiger partial charge in [0.1, 0.15) is 17.7 Å². The second kappa shape index (κ2) is 6.34. The van der Waals surface area contributed by atoms with Crippen LogP contribution in [0, 0.1) is 0 Å². The Kier molecular flexibility index (Phi) is 4.25. The van der Waals surface area contributed by atoms with Crippen LogP contribution < -0.4 is 5.32 Å². The van der Waals surface area contributed by atoms with Gasteiger partial charge in [0, 0.05) is 20.7 Å². The molecule has 0 bridgehead atoms. The summed E-state index contributed by atoms with van der Waals surface area (Å²) < 4.78 is 7.62. The van der Waals surface area contributed by atoms with E-state index in [2.05, 4.69) is 39.4 Å². The zero-order valence-corrected chi connectivity index (χ0v) is 13.7. The van der Waals surface area contributed by atoms with Crippen LogP contribution in [-0.4, -0.2) is 33.4 Å². The van der Waals surface area contributed by atoms with Gasteiger partial charge in [0.25, 0.3) is 0 Å². The quantitative estimate of drug-likeness (QED) is 0.758. The smallest absolute Gasteiger partial charge is 0.163 e. The van der Waals surface area contributed by atoms with E-state index in [1.54, 1.807) is 24.3 Å². The normalized spacial score (nSPS) is 13.9. The maximum Gasteiger partial charge on any atom is 0.163 e. The first-order valence-electron chi connectivity index (χ1n) is 7.67. The molecule has 1 N–H and O–H groups in total. The highest BCUT2D eigenvalue weighted by Crippen LogP contribution is 2.30. The van der Waals surface area contributed by atoms with Gasteiger partial charge in [-0.2, -0.15) is 5.10 Å². The van der Waals surface area contributed by atoms with Crippen molar-refractivity contribution < 1.29 is 4.74 Å². The summed E-state index contributed by atoms with van der Waals surface area (Å²) in [6.07, 6.45) is 4.18. The summed E-state index contributed by atoms with van der Waals surface area (Å²) in [6.45, 7) is 2.74. The average Bonchev–Trinajstić information content (AvgIpc) is 2.99. The van der Waals surface area contributed by atoms with E-state index in [0.717, 1.165) is 28.8 Å². The van der Waals surface area contributed by atoms with Gasteiger partial charge in [-0.25, -0.2) is 9.97 Å². The first-order valence-corrected chi connectivity index (χ1v) is 7.67. The predicted octanol–water partition coefficient (Wildman–Crippen LogP) is 2.73. The molecule has 0 saturated heterocycles. The van der Waals surface area contributed by atoms with Crippen LogP contribution in [-0.2, 0) is 17.4 Å². The molecule has 0 aliphatic heterocycles. The van der Waals surface area contributed by atoms with Gasteiger partial charge in [-0.3, -0.25) is 4.68 Å². The van der Waals surface area contributed by atoms with Gasteiger partial charge in [-0.15, -0.1) is 0 Å². The van der Waals surface area contributed by atoms with Crippen LogP contribution in [0.1, 0.15) is 18.9 Å². The molecule has 1 unspecified atom stereocenters. The highest BCUT2D eigenvalue weighted by molar-refractivity contribution is 5.85. The number of aromatic nitrogens is 4. The topological polar surface area (TPSA) is 64.9 Å². The lowest BCUT2D eigenvalue weighted by Gasteiger charge is -2.32. The van der Waals surface area contributed by atoms with E-state index in [1.807, 2.05) is 25.2 Å². The lowest BCUT2D eigenvalue weighted by molar-refractivity contribution is -0.00668. The minimum Gasteiger partial charge on any atom is -0.372 e. The molecule has 6 nitrogen and oxygen atoms in total. The average molecular weight is 311 g/mol. The van der Waals surface area contributed by atoms with Gasteiger partial charge in [-0.05, 0) is 12.0 Å². The molecule has 3 aromatic rings. The Morgan fingerprint density at radius 3 is 2.70 bits per heavy atom. The molecule has 0 fully saturated rings. The maximum atomic E-state index is 5.89. The zero-order chi connectivity index (χ0) is 16.3. The van der Waals surface area contributed by atoms with Crippen molar-refractivity contribution >= 4 is 16.9 Å². The second-order valence-electron chi connectivity index (χ2n) is 5.50. The first kappa shape index (κ1) is 15.4. The van der Waals surface area contributed by atoms with Crippen molar-refractivity contribution in [2.75, 3.05) is 19.0 Å². The first-order chi connectivity index (χ1) is 11.2. The molecule has 2 aromatic heterocycles. The largest absolute Gasteiger partial charge is 0.372 e. The fraction of sp³-hybridized carbons (Fsp3) is 0.353. The molecule has 0 spiro atoms. The summed E-state index contributed by atoms with van der Waals surface area (Å²) >= 11 is 0. The van der Waals surface area contributed by atoms with Crippen molar-refractivity contribution in [1.82, 2.24) is 19.7 Å². The lowest BCUT2D eigenvalue weighted by atomic mass is 9.90. The van der Waals surface area contributed by atoms with Crippen molar-refractivity contribution in [2.45, 2.75) is 18.9 Å². The third kappa shape index (κ3) is 2.77. The van der Waals surface area contributed by atoms with Crippen molar-refractivity contribution in [3.05, 3.63) is 48.4 Å². The van der Waals surface area contributed by atoms with Gasteiger partial charge < -0.3 is 10.1 Å². The van der Waals surface area contributed by atoms with E-state index in [-0.39, 0.29) is 0 Å². The minimum absolute atomic E-state index is 0.402. The van der Waals surface area contributed by atoms with Crippen LogP contribution in [0.25, 0.3) is 11.0 Å². The summed E-state index contributed by atoms with van der Waals surface area (Å²) in [5.74, 6) is 0.772. The predicted molar refractivity (Wildman–Crippen MR) is 90.2 cm³/mol. The van der Waals surface area contributed by atoms with Crippen molar-refractivity contribution in [3.63, 3.8) is 0 Å². The number of ether oxygens (including phenoxy) is 1. The van der Waals surface area contributed by atoms with Crippen LogP contribution >= 0.6 is 0 Å². The molecule has 1 atom stereocenters. The number of benzene rings is 1. The Labute approximate surface area is 135 Å². The fourth-order valence-corrected chi connectivity index (χ4v) is 2.84. The molecule has 0 amide bonds. The van der Waals surface area contributed by atoms with Gasteiger partial charge in [0.2, 0.25) is 0 Å². The van der Waals surface area contributed by atoms with Crippen LogP contribution in [0.3, 0.4) is 0 Å². The highest BCUT2D eigenvalue weighted by Gasteiger charge is 2.30. The SMILES string of the molecule is CCC(CNc1ncnc2c1cnn2C)(OC)c1ccccc1. The fourth-order valence-electron chi connectivity index (χ4n) is 2.84. The summed E-state index contributed by atoms with van der Waals surface area (Å²) in [7, 11) is 3.62. The minimum atomic E-state index is -0.402. The van der Waals surface area contributed by atoms with Crippen LogP contribution in [0.2, 0.25) is 0 Å². The monoisotopic (exact) mass is 311 g/mol. The van der Waals surface area contributed by atoms with Crippen molar-refractivity contribution in [1.29, 1.82) is 0 Å². The number of methoxy groups -OCH3 is 1. The summed E-state index contributed by atoms with van der Waals surface area (Å²) in [6, 6.07) is 10.3. The third-order valence-corrected chi connectivity index (χ3v) is 4.33. The maximum absolute atomic E-state index is 5.89.